The summed E-state index contributed by atoms with van der Waals surface area (Å²) in [6.45, 7) is 4.92. The second-order valence-electron chi connectivity index (χ2n) is 5.74. The first-order chi connectivity index (χ1) is 11.2. The predicted molar refractivity (Wildman–Crippen MR) is 98.5 cm³/mol. The molecule has 0 bridgehead atoms. The monoisotopic (exact) mass is 355 g/mol. The number of amides is 2. The van der Waals surface area contributed by atoms with Gasteiger partial charge in [0.15, 0.2) is 0 Å². The lowest BCUT2D eigenvalue weighted by molar-refractivity contribution is 0.222. The molecule has 23 heavy (non-hydrogen) atoms. The van der Waals surface area contributed by atoms with Gasteiger partial charge >= 0.3 is 6.03 Å². The highest BCUT2D eigenvalue weighted by Gasteiger charge is 2.09. The van der Waals surface area contributed by atoms with E-state index in [1.807, 2.05) is 24.3 Å². The summed E-state index contributed by atoms with van der Waals surface area (Å²) in [4.78, 5) is 15.3. The number of nitrogens with zero attached hydrogens (tertiary/aromatic N) is 1. The van der Waals surface area contributed by atoms with Crippen LogP contribution in [0.1, 0.15) is 25.7 Å². The molecular weight excluding hydrogens is 330 g/mol. The van der Waals surface area contributed by atoms with Gasteiger partial charge in [-0.3, -0.25) is 0 Å². The first kappa shape index (κ1) is 18.4. The summed E-state index contributed by atoms with van der Waals surface area (Å²) in [5.74, 6) is 0.850. The number of nitrogens with one attached hydrogen (secondary N) is 2. The van der Waals surface area contributed by atoms with Gasteiger partial charge in [-0.05, 0) is 63.2 Å². The third-order valence-corrected chi connectivity index (χ3v) is 5.12. The first-order valence-corrected chi connectivity index (χ1v) is 9.73. The second-order valence-corrected chi connectivity index (χ2v) is 7.35. The molecular formula is C17H26ClN3OS. The van der Waals surface area contributed by atoms with E-state index < -0.39 is 0 Å². The van der Waals surface area contributed by atoms with Gasteiger partial charge in [-0.15, -0.1) is 11.8 Å². The van der Waals surface area contributed by atoms with E-state index in [-0.39, 0.29) is 6.03 Å². The lowest BCUT2D eigenvalue weighted by atomic mass is 10.1. The molecule has 2 N–H and O–H groups in total. The molecule has 1 heterocycles. The summed E-state index contributed by atoms with van der Waals surface area (Å²) in [6.07, 6.45) is 5.02. The molecule has 1 aromatic carbocycles. The number of benzene rings is 1. The Labute approximate surface area is 148 Å². The number of carbonyl (C=O) groups is 1. The van der Waals surface area contributed by atoms with Crippen LogP contribution in [0.25, 0.3) is 0 Å². The van der Waals surface area contributed by atoms with Crippen molar-refractivity contribution in [2.45, 2.75) is 30.6 Å². The fraction of sp³-hybridized carbons (Fsp3) is 0.588. The predicted octanol–water partition coefficient (Wildman–Crippen LogP) is 3.61. The zero-order valence-electron chi connectivity index (χ0n) is 13.5. The number of rotatable bonds is 8. The van der Waals surface area contributed by atoms with Crippen LogP contribution in [0, 0.1) is 0 Å². The van der Waals surface area contributed by atoms with E-state index in [4.69, 9.17) is 11.6 Å². The van der Waals surface area contributed by atoms with Crippen molar-refractivity contribution in [3.05, 3.63) is 29.3 Å². The molecule has 2 rings (SSSR count). The minimum Gasteiger partial charge on any atom is -0.338 e. The number of hydrogen-bond acceptors (Lipinski definition) is 3. The van der Waals surface area contributed by atoms with E-state index in [1.165, 1.54) is 32.4 Å². The SMILES string of the molecule is O=C(NCCCN1CCCCC1)NCCSc1ccc(Cl)cc1. The number of carbonyl (C=O) groups excluding carboxylic acids is 1. The normalized spacial score (nSPS) is 15.3. The molecule has 4 nitrogen and oxygen atoms in total. The van der Waals surface area contributed by atoms with Gasteiger partial charge in [0.25, 0.3) is 0 Å². The molecule has 128 valence electrons. The molecule has 0 saturated carbocycles. The number of piperidine rings is 1. The van der Waals surface area contributed by atoms with Crippen molar-refractivity contribution in [2.24, 2.45) is 0 Å². The van der Waals surface area contributed by atoms with Crippen LogP contribution in [-0.2, 0) is 0 Å². The van der Waals surface area contributed by atoms with Gasteiger partial charge in [-0.1, -0.05) is 18.0 Å². The van der Waals surface area contributed by atoms with Crippen molar-refractivity contribution >= 4 is 29.4 Å². The lowest BCUT2D eigenvalue weighted by Crippen LogP contribution is -2.38. The van der Waals surface area contributed by atoms with Crippen LogP contribution in [0.2, 0.25) is 5.02 Å². The molecule has 0 radical (unpaired) electrons. The maximum Gasteiger partial charge on any atom is 0.314 e. The van der Waals surface area contributed by atoms with Crippen molar-refractivity contribution in [1.29, 1.82) is 0 Å². The maximum absolute atomic E-state index is 11.7. The Balaban J connectivity index is 1.46. The van der Waals surface area contributed by atoms with Gasteiger partial charge in [-0.25, -0.2) is 4.79 Å². The Morgan fingerprint density at radius 2 is 1.78 bits per heavy atom. The van der Waals surface area contributed by atoms with Crippen molar-refractivity contribution < 1.29 is 4.79 Å². The van der Waals surface area contributed by atoms with Crippen LogP contribution in [0.4, 0.5) is 4.79 Å². The van der Waals surface area contributed by atoms with Crippen LogP contribution in [0.5, 0.6) is 0 Å². The summed E-state index contributed by atoms with van der Waals surface area (Å²) in [6, 6.07) is 7.68. The largest absolute Gasteiger partial charge is 0.338 e. The topological polar surface area (TPSA) is 44.4 Å². The molecule has 0 aromatic heterocycles. The number of urea groups is 1. The molecule has 1 aliphatic rings. The maximum atomic E-state index is 11.7. The van der Waals surface area contributed by atoms with Gasteiger partial charge in [0.05, 0.1) is 0 Å². The highest BCUT2D eigenvalue weighted by atomic mass is 35.5. The lowest BCUT2D eigenvalue weighted by Gasteiger charge is -2.26. The fourth-order valence-electron chi connectivity index (χ4n) is 2.61. The molecule has 1 aromatic rings. The second kappa shape index (κ2) is 10.8. The van der Waals surface area contributed by atoms with E-state index in [2.05, 4.69) is 15.5 Å². The van der Waals surface area contributed by atoms with Crippen LogP contribution < -0.4 is 10.6 Å². The van der Waals surface area contributed by atoms with Crippen LogP contribution in [0.3, 0.4) is 0 Å². The Morgan fingerprint density at radius 3 is 2.52 bits per heavy atom. The van der Waals surface area contributed by atoms with Gasteiger partial charge in [0.1, 0.15) is 0 Å². The molecule has 2 amide bonds. The van der Waals surface area contributed by atoms with E-state index in [0.717, 1.165) is 35.2 Å². The zero-order chi connectivity index (χ0) is 16.3. The molecule has 0 unspecified atom stereocenters. The zero-order valence-corrected chi connectivity index (χ0v) is 15.1. The highest BCUT2D eigenvalue weighted by Crippen LogP contribution is 2.19. The standard InChI is InChI=1S/C17H26ClN3OS/c18-15-5-7-16(8-6-15)23-14-10-20-17(22)19-9-4-13-21-11-2-1-3-12-21/h5-8H,1-4,9-14H2,(H2,19,20,22). The van der Waals surface area contributed by atoms with Crippen molar-refractivity contribution in [3.8, 4) is 0 Å². The Bertz CT molecular complexity index is 463. The van der Waals surface area contributed by atoms with Crippen LogP contribution >= 0.6 is 23.4 Å². The van der Waals surface area contributed by atoms with Gasteiger partial charge < -0.3 is 15.5 Å². The minimum absolute atomic E-state index is 0.0691. The van der Waals surface area contributed by atoms with Crippen LogP contribution in [0.15, 0.2) is 29.2 Å². The van der Waals surface area contributed by atoms with E-state index in [1.54, 1.807) is 11.8 Å². The summed E-state index contributed by atoms with van der Waals surface area (Å²) in [5.41, 5.74) is 0. The molecule has 1 fully saturated rings. The fourth-order valence-corrected chi connectivity index (χ4v) is 3.51. The van der Waals surface area contributed by atoms with Gasteiger partial charge in [0, 0.05) is 28.8 Å². The van der Waals surface area contributed by atoms with Crippen LogP contribution in [-0.4, -0.2) is 49.4 Å². The third kappa shape index (κ3) is 7.95. The number of thioether (sulfide) groups is 1. The third-order valence-electron chi connectivity index (χ3n) is 3.86. The number of likely N-dealkylation sites (tertiary alicyclic amines) is 1. The van der Waals surface area contributed by atoms with E-state index in [9.17, 15) is 4.79 Å². The smallest absolute Gasteiger partial charge is 0.314 e. The van der Waals surface area contributed by atoms with Crippen molar-refractivity contribution in [3.63, 3.8) is 0 Å². The van der Waals surface area contributed by atoms with Gasteiger partial charge in [-0.2, -0.15) is 0 Å². The van der Waals surface area contributed by atoms with Gasteiger partial charge in [0.2, 0.25) is 0 Å². The Hall–Kier alpha value is -0.910. The molecule has 0 aliphatic carbocycles. The Kier molecular flexibility index (Phi) is 8.64. The van der Waals surface area contributed by atoms with E-state index >= 15 is 0 Å². The van der Waals surface area contributed by atoms with Crippen molar-refractivity contribution in [1.82, 2.24) is 15.5 Å². The summed E-state index contributed by atoms with van der Waals surface area (Å²) in [7, 11) is 0. The molecule has 0 spiro atoms. The highest BCUT2D eigenvalue weighted by molar-refractivity contribution is 7.99. The summed E-state index contributed by atoms with van der Waals surface area (Å²) in [5, 5.41) is 6.56. The quantitative estimate of drug-likeness (QED) is 0.553. The van der Waals surface area contributed by atoms with Crippen molar-refractivity contribution in [2.75, 3.05) is 38.5 Å². The summed E-state index contributed by atoms with van der Waals surface area (Å²) < 4.78 is 0. The average molecular weight is 356 g/mol. The summed E-state index contributed by atoms with van der Waals surface area (Å²) >= 11 is 7.56. The molecule has 0 atom stereocenters. The number of hydrogen-bond donors (Lipinski definition) is 2. The average Bonchev–Trinajstić information content (AvgIpc) is 2.58. The molecule has 6 heteroatoms. The first-order valence-electron chi connectivity index (χ1n) is 8.36. The molecule has 1 aliphatic heterocycles. The minimum atomic E-state index is -0.0691. The molecule has 1 saturated heterocycles. The number of halogens is 1. The van der Waals surface area contributed by atoms with E-state index in [0.29, 0.717) is 6.54 Å². The Morgan fingerprint density at radius 1 is 1.09 bits per heavy atom.